The van der Waals surface area contributed by atoms with E-state index in [-0.39, 0.29) is 5.75 Å². The Kier molecular flexibility index (Phi) is 5.30. The van der Waals surface area contributed by atoms with Gasteiger partial charge in [-0.15, -0.1) is 0 Å². The first-order chi connectivity index (χ1) is 13.4. The van der Waals surface area contributed by atoms with Crippen LogP contribution in [0.5, 0.6) is 11.6 Å². The number of pyridine rings is 1. The van der Waals surface area contributed by atoms with Crippen LogP contribution < -0.4 is 15.8 Å². The summed E-state index contributed by atoms with van der Waals surface area (Å²) < 4.78 is 44.3. The molecule has 0 fully saturated rings. The van der Waals surface area contributed by atoms with E-state index >= 15 is 0 Å². The van der Waals surface area contributed by atoms with E-state index in [0.717, 1.165) is 12.4 Å². The number of H-pyrrole nitrogens is 1. The van der Waals surface area contributed by atoms with Gasteiger partial charge in [-0.05, 0) is 42.5 Å². The highest BCUT2D eigenvalue weighted by Gasteiger charge is 2.35. The van der Waals surface area contributed by atoms with Gasteiger partial charge in [0.15, 0.2) is 5.82 Å². The number of aromatic amines is 1. The van der Waals surface area contributed by atoms with E-state index in [2.05, 4.69) is 31.8 Å². The number of nitrogens with zero attached hydrogens (tertiary/aromatic N) is 3. The zero-order chi connectivity index (χ0) is 20.1. The molecule has 0 bridgehead atoms. The number of ether oxygens (including phenoxy) is 1. The predicted octanol–water partition coefficient (Wildman–Crippen LogP) is 4.62. The molecule has 2 heterocycles. The van der Waals surface area contributed by atoms with Crippen LogP contribution in [0.15, 0.2) is 54.2 Å². The van der Waals surface area contributed by atoms with E-state index in [0.29, 0.717) is 23.1 Å². The first-order valence-corrected chi connectivity index (χ1v) is 7.94. The van der Waals surface area contributed by atoms with Gasteiger partial charge in [-0.3, -0.25) is 0 Å². The van der Waals surface area contributed by atoms with E-state index in [9.17, 15) is 13.2 Å². The van der Waals surface area contributed by atoms with Crippen molar-refractivity contribution < 1.29 is 17.9 Å². The summed E-state index contributed by atoms with van der Waals surface area (Å²) in [6.07, 6.45) is -0.665. The maximum absolute atomic E-state index is 13.0. The fourth-order valence-corrected chi connectivity index (χ4v) is 2.29. The lowest BCUT2D eigenvalue weighted by Gasteiger charge is -2.12. The molecule has 3 aromatic rings. The molecule has 144 valence electrons. The Labute approximate surface area is 157 Å². The summed E-state index contributed by atoms with van der Waals surface area (Å²) in [5, 5.41) is 3.00. The third-order valence-electron chi connectivity index (χ3n) is 3.52. The van der Waals surface area contributed by atoms with Crippen LogP contribution in [0.25, 0.3) is 6.08 Å². The van der Waals surface area contributed by atoms with E-state index < -0.39 is 17.6 Å². The van der Waals surface area contributed by atoms with Crippen molar-refractivity contribution in [3.63, 3.8) is 0 Å². The van der Waals surface area contributed by atoms with Crippen molar-refractivity contribution in [1.82, 2.24) is 15.0 Å². The van der Waals surface area contributed by atoms with Gasteiger partial charge in [-0.1, -0.05) is 6.58 Å². The molecule has 2 aromatic heterocycles. The monoisotopic (exact) mass is 388 g/mol. The largest absolute Gasteiger partial charge is 0.438 e. The van der Waals surface area contributed by atoms with Gasteiger partial charge in [-0.2, -0.15) is 18.2 Å². The lowest BCUT2D eigenvalue weighted by molar-refractivity contribution is -0.138. The molecule has 3 rings (SSSR count). The molecule has 7 nitrogen and oxygen atoms in total. The normalized spacial score (nSPS) is 11.5. The Hall–Kier alpha value is -3.82. The molecule has 0 aliphatic carbocycles. The minimum atomic E-state index is -4.56. The van der Waals surface area contributed by atoms with Gasteiger partial charge in [0.1, 0.15) is 11.3 Å². The summed E-state index contributed by atoms with van der Waals surface area (Å²) in [6, 6.07) is 8.36. The maximum atomic E-state index is 13.0. The molecule has 28 heavy (non-hydrogen) atoms. The first-order valence-electron chi connectivity index (χ1n) is 7.94. The van der Waals surface area contributed by atoms with Gasteiger partial charge in [-0.25, -0.2) is 9.98 Å². The summed E-state index contributed by atoms with van der Waals surface area (Å²) in [7, 11) is 0. The minimum absolute atomic E-state index is 0.203. The number of hydrogen-bond acceptors (Lipinski definition) is 5. The highest BCUT2D eigenvalue weighted by molar-refractivity contribution is 5.67. The average molecular weight is 388 g/mol. The van der Waals surface area contributed by atoms with E-state index in [1.54, 1.807) is 18.2 Å². The molecule has 1 aromatic carbocycles. The fourth-order valence-electron chi connectivity index (χ4n) is 2.29. The van der Waals surface area contributed by atoms with Crippen LogP contribution in [0.1, 0.15) is 11.3 Å². The molecule has 0 saturated carbocycles. The van der Waals surface area contributed by atoms with Crippen molar-refractivity contribution in [2.45, 2.75) is 6.18 Å². The number of aromatic nitrogens is 3. The number of nitrogens with one attached hydrogen (secondary N) is 2. The van der Waals surface area contributed by atoms with Crippen molar-refractivity contribution in [3.05, 3.63) is 60.4 Å². The van der Waals surface area contributed by atoms with E-state index in [1.807, 2.05) is 0 Å². The maximum Gasteiger partial charge on any atom is 0.421 e. The minimum Gasteiger partial charge on any atom is -0.438 e. The Morgan fingerprint density at radius 3 is 2.61 bits per heavy atom. The summed E-state index contributed by atoms with van der Waals surface area (Å²) in [5.74, 6) is 0.457. The van der Waals surface area contributed by atoms with Gasteiger partial charge < -0.3 is 20.8 Å². The SMILES string of the molecule is C=Cc1[nH]c(Nc2ccc(Oc3ncccc3C(F)(F)F)cc2)nc1/N=C\N. The van der Waals surface area contributed by atoms with Gasteiger partial charge in [0.25, 0.3) is 0 Å². The van der Waals surface area contributed by atoms with Crippen molar-refractivity contribution in [1.29, 1.82) is 0 Å². The van der Waals surface area contributed by atoms with Crippen LogP contribution in [0, 0.1) is 0 Å². The number of anilines is 2. The third-order valence-corrected chi connectivity index (χ3v) is 3.52. The zero-order valence-electron chi connectivity index (χ0n) is 14.4. The number of benzene rings is 1. The van der Waals surface area contributed by atoms with Crippen molar-refractivity contribution in [2.75, 3.05) is 5.32 Å². The number of alkyl halides is 3. The highest BCUT2D eigenvalue weighted by Crippen LogP contribution is 2.36. The van der Waals surface area contributed by atoms with Crippen LogP contribution in [-0.2, 0) is 6.18 Å². The van der Waals surface area contributed by atoms with Gasteiger partial charge in [0.2, 0.25) is 11.8 Å². The lowest BCUT2D eigenvalue weighted by atomic mass is 10.2. The van der Waals surface area contributed by atoms with Crippen LogP contribution in [0.2, 0.25) is 0 Å². The van der Waals surface area contributed by atoms with Crippen molar-refractivity contribution in [3.8, 4) is 11.6 Å². The second-order valence-corrected chi connectivity index (χ2v) is 5.41. The molecular formula is C18H15F3N6O. The molecule has 0 aliphatic rings. The van der Waals surface area contributed by atoms with Crippen LogP contribution >= 0.6 is 0 Å². The third kappa shape index (κ3) is 4.29. The lowest BCUT2D eigenvalue weighted by Crippen LogP contribution is -2.08. The van der Waals surface area contributed by atoms with Gasteiger partial charge in [0, 0.05) is 11.9 Å². The summed E-state index contributed by atoms with van der Waals surface area (Å²) >= 11 is 0. The van der Waals surface area contributed by atoms with Gasteiger partial charge >= 0.3 is 6.18 Å². The molecule has 0 spiro atoms. The van der Waals surface area contributed by atoms with Crippen molar-refractivity contribution in [2.24, 2.45) is 10.7 Å². The Bertz CT molecular complexity index is 995. The van der Waals surface area contributed by atoms with Crippen LogP contribution in [0.4, 0.5) is 30.6 Å². The Balaban J connectivity index is 1.76. The zero-order valence-corrected chi connectivity index (χ0v) is 14.4. The van der Waals surface area contributed by atoms with Crippen molar-refractivity contribution >= 4 is 29.9 Å². The average Bonchev–Trinajstić information content (AvgIpc) is 3.05. The van der Waals surface area contributed by atoms with Crippen LogP contribution in [-0.4, -0.2) is 21.3 Å². The number of imidazole rings is 1. The molecule has 0 aliphatic heterocycles. The number of hydrogen-bond donors (Lipinski definition) is 3. The van der Waals surface area contributed by atoms with E-state index in [4.69, 9.17) is 10.5 Å². The molecule has 0 saturated heterocycles. The standard InChI is InChI=1S/C18H15F3N6O/c1-2-14-15(24-10-22)27-17(26-14)25-11-5-7-12(8-6-11)28-16-13(18(19,20)21)4-3-9-23-16/h2-10H,1H2,(H2,22,24)(H2,25,26,27). The molecule has 4 N–H and O–H groups in total. The predicted molar refractivity (Wildman–Crippen MR) is 100 cm³/mol. The molecule has 0 atom stereocenters. The quantitative estimate of drug-likeness (QED) is 0.422. The number of halogens is 3. The fraction of sp³-hybridized carbons (Fsp3) is 0.0556. The molecule has 0 radical (unpaired) electrons. The molecule has 0 unspecified atom stereocenters. The number of nitrogens with two attached hydrogens (primary N) is 1. The summed E-state index contributed by atoms with van der Waals surface area (Å²) in [6.45, 7) is 3.65. The highest BCUT2D eigenvalue weighted by atomic mass is 19.4. The Morgan fingerprint density at radius 2 is 1.96 bits per heavy atom. The van der Waals surface area contributed by atoms with Crippen LogP contribution in [0.3, 0.4) is 0 Å². The number of rotatable bonds is 6. The molecule has 10 heteroatoms. The van der Waals surface area contributed by atoms with E-state index in [1.165, 1.54) is 24.4 Å². The summed E-state index contributed by atoms with van der Waals surface area (Å²) in [4.78, 5) is 14.8. The van der Waals surface area contributed by atoms with Gasteiger partial charge in [0.05, 0.1) is 12.0 Å². The second kappa shape index (κ2) is 7.82. The molecule has 0 amide bonds. The second-order valence-electron chi connectivity index (χ2n) is 5.41. The topological polar surface area (TPSA) is 101 Å². The first kappa shape index (κ1) is 19.0. The molecular weight excluding hydrogens is 373 g/mol. The summed E-state index contributed by atoms with van der Waals surface area (Å²) in [5.41, 5.74) is 5.53. The number of aliphatic imine (C=N–C) groups is 1. The Morgan fingerprint density at radius 1 is 1.21 bits per heavy atom. The smallest absolute Gasteiger partial charge is 0.421 e.